The maximum Gasteiger partial charge on any atom is 0.163 e. The molecule has 2 aromatic carbocycles. The van der Waals surface area contributed by atoms with Gasteiger partial charge in [0, 0.05) is 29.9 Å². The SMILES string of the molecule is Cn1c2cc(Br)c(OCCSCc3ccc(CN4CCCCC4)o3)cc2c2c(Nc3cc(F)cc(F)c3)nncc21. The lowest BCUT2D eigenvalue weighted by Crippen LogP contribution is -2.28. The number of piperidine rings is 1. The Balaban J connectivity index is 1.13. The van der Waals surface area contributed by atoms with E-state index in [2.05, 4.69) is 48.5 Å². The first kappa shape index (κ1) is 28.0. The summed E-state index contributed by atoms with van der Waals surface area (Å²) >= 11 is 5.42. The van der Waals surface area contributed by atoms with Gasteiger partial charge >= 0.3 is 0 Å². The number of fused-ring (bicyclic) bond motifs is 3. The molecule has 0 spiro atoms. The number of benzene rings is 2. The number of likely N-dealkylation sites (tertiary alicyclic amines) is 1. The number of aryl methyl sites for hydroxylation is 1. The molecule has 1 saturated heterocycles. The molecule has 0 atom stereocenters. The molecule has 3 aromatic heterocycles. The second-order valence-electron chi connectivity index (χ2n) is 10.2. The second kappa shape index (κ2) is 12.4. The number of nitrogens with one attached hydrogen (secondary N) is 1. The number of anilines is 2. The summed E-state index contributed by atoms with van der Waals surface area (Å²) in [4.78, 5) is 2.46. The van der Waals surface area contributed by atoms with E-state index in [-0.39, 0.29) is 5.69 Å². The summed E-state index contributed by atoms with van der Waals surface area (Å²) in [5, 5.41) is 13.1. The lowest BCUT2D eigenvalue weighted by Gasteiger charge is -2.25. The van der Waals surface area contributed by atoms with Crippen molar-refractivity contribution < 1.29 is 17.9 Å². The summed E-state index contributed by atoms with van der Waals surface area (Å²) < 4.78 is 42.7. The van der Waals surface area contributed by atoms with Crippen molar-refractivity contribution in [2.24, 2.45) is 7.05 Å². The fraction of sp³-hybridized carbons (Fsp3) is 0.333. The van der Waals surface area contributed by atoms with Crippen molar-refractivity contribution in [1.82, 2.24) is 19.7 Å². The molecule has 0 saturated carbocycles. The van der Waals surface area contributed by atoms with Crippen LogP contribution in [0.15, 0.2) is 57.6 Å². The standard InChI is InChI=1S/C30H30BrF2N5O2S/c1-37-26-15-25(31)28(39-9-10-41-18-23-6-5-22(40-23)17-38-7-3-2-4-8-38)14-24(26)29-27(37)16-34-36-30(29)35-21-12-19(32)11-20(33)13-21/h5-6,11-16H,2-4,7-10,17-18H2,1H3,(H,35,36). The highest BCUT2D eigenvalue weighted by Crippen LogP contribution is 2.39. The first-order chi connectivity index (χ1) is 19.9. The molecule has 1 aliphatic rings. The summed E-state index contributed by atoms with van der Waals surface area (Å²) in [6, 6.07) is 11.4. The molecule has 0 bridgehead atoms. The topological polar surface area (TPSA) is 68.3 Å². The minimum atomic E-state index is -0.673. The molecular formula is C30H30BrF2N5O2S. The zero-order chi connectivity index (χ0) is 28.3. The number of hydrogen-bond acceptors (Lipinski definition) is 7. The molecule has 6 rings (SSSR count). The van der Waals surface area contributed by atoms with Crippen molar-refractivity contribution in [1.29, 1.82) is 0 Å². The summed E-state index contributed by atoms with van der Waals surface area (Å²) in [6.45, 7) is 3.72. The summed E-state index contributed by atoms with van der Waals surface area (Å²) in [5.41, 5.74) is 2.02. The fourth-order valence-corrected chi connectivity index (χ4v) is 6.46. The zero-order valence-electron chi connectivity index (χ0n) is 22.6. The van der Waals surface area contributed by atoms with E-state index < -0.39 is 11.6 Å². The van der Waals surface area contributed by atoms with Gasteiger partial charge in [0.25, 0.3) is 0 Å². The number of ether oxygens (including phenoxy) is 1. The Hall–Kier alpha value is -3.15. The van der Waals surface area contributed by atoms with Crippen molar-refractivity contribution in [2.45, 2.75) is 31.6 Å². The Kier molecular flexibility index (Phi) is 8.45. The lowest BCUT2D eigenvalue weighted by molar-refractivity contribution is 0.204. The van der Waals surface area contributed by atoms with E-state index in [1.54, 1.807) is 18.0 Å². The molecule has 1 N–H and O–H groups in total. The van der Waals surface area contributed by atoms with Crippen LogP contribution in [-0.2, 0) is 19.3 Å². The van der Waals surface area contributed by atoms with Crippen LogP contribution in [0.1, 0.15) is 30.8 Å². The van der Waals surface area contributed by atoms with Crippen LogP contribution in [0.5, 0.6) is 5.75 Å². The first-order valence-corrected chi connectivity index (χ1v) is 15.6. The molecule has 0 amide bonds. The smallest absolute Gasteiger partial charge is 0.163 e. The zero-order valence-corrected chi connectivity index (χ0v) is 25.0. The number of rotatable bonds is 10. The lowest BCUT2D eigenvalue weighted by atomic mass is 10.1. The highest BCUT2D eigenvalue weighted by Gasteiger charge is 2.18. The van der Waals surface area contributed by atoms with Gasteiger partial charge in [0.1, 0.15) is 28.9 Å². The van der Waals surface area contributed by atoms with Crippen LogP contribution in [0.25, 0.3) is 21.8 Å². The van der Waals surface area contributed by atoms with E-state index in [0.29, 0.717) is 18.2 Å². The van der Waals surface area contributed by atoms with E-state index in [1.807, 2.05) is 23.7 Å². The van der Waals surface area contributed by atoms with Crippen molar-refractivity contribution in [3.8, 4) is 5.75 Å². The Morgan fingerprint density at radius 3 is 2.61 bits per heavy atom. The van der Waals surface area contributed by atoms with Crippen molar-refractivity contribution in [2.75, 3.05) is 30.8 Å². The third-order valence-corrected chi connectivity index (χ3v) is 8.84. The maximum atomic E-state index is 13.8. The molecule has 1 fully saturated rings. The third kappa shape index (κ3) is 6.37. The number of halogens is 3. The molecule has 4 heterocycles. The molecule has 11 heteroatoms. The van der Waals surface area contributed by atoms with Gasteiger partial charge in [-0.2, -0.15) is 16.9 Å². The van der Waals surface area contributed by atoms with E-state index in [4.69, 9.17) is 9.15 Å². The minimum Gasteiger partial charge on any atom is -0.492 e. The average molecular weight is 643 g/mol. The van der Waals surface area contributed by atoms with Crippen LogP contribution in [0.2, 0.25) is 0 Å². The predicted octanol–water partition coefficient (Wildman–Crippen LogP) is 7.80. The van der Waals surface area contributed by atoms with Gasteiger partial charge < -0.3 is 19.0 Å². The molecule has 41 heavy (non-hydrogen) atoms. The molecular weight excluding hydrogens is 612 g/mol. The van der Waals surface area contributed by atoms with Crippen molar-refractivity contribution in [3.05, 3.63) is 76.3 Å². The molecule has 0 radical (unpaired) electrons. The van der Waals surface area contributed by atoms with E-state index in [9.17, 15) is 8.78 Å². The minimum absolute atomic E-state index is 0.252. The number of aromatic nitrogens is 3. The number of furan rings is 1. The van der Waals surface area contributed by atoms with Crippen molar-refractivity contribution >= 4 is 61.0 Å². The Labute approximate surface area is 249 Å². The molecule has 0 aliphatic carbocycles. The summed E-state index contributed by atoms with van der Waals surface area (Å²) in [5.74, 6) is 3.37. The van der Waals surface area contributed by atoms with Crippen LogP contribution in [0.4, 0.5) is 20.3 Å². The summed E-state index contributed by atoms with van der Waals surface area (Å²) in [7, 11) is 1.94. The normalized spacial score (nSPS) is 14.2. The monoisotopic (exact) mass is 641 g/mol. The number of hydrogen-bond donors (Lipinski definition) is 1. The Bertz CT molecular complexity index is 1660. The second-order valence-corrected chi connectivity index (χ2v) is 12.2. The highest BCUT2D eigenvalue weighted by atomic mass is 79.9. The molecule has 214 valence electrons. The molecule has 5 aromatic rings. The Morgan fingerprint density at radius 2 is 1.80 bits per heavy atom. The van der Waals surface area contributed by atoms with Gasteiger partial charge in [-0.25, -0.2) is 8.78 Å². The maximum absolute atomic E-state index is 13.8. The average Bonchev–Trinajstić information content (AvgIpc) is 3.50. The molecule has 7 nitrogen and oxygen atoms in total. The quantitative estimate of drug-likeness (QED) is 0.156. The van der Waals surface area contributed by atoms with Crippen LogP contribution in [0.3, 0.4) is 0 Å². The summed E-state index contributed by atoms with van der Waals surface area (Å²) in [6.07, 6.45) is 5.55. The van der Waals surface area contributed by atoms with Gasteiger partial charge in [-0.05, 0) is 78.3 Å². The fourth-order valence-electron chi connectivity index (χ4n) is 5.31. The van der Waals surface area contributed by atoms with Gasteiger partial charge in [0.05, 0.1) is 46.0 Å². The highest BCUT2D eigenvalue weighted by molar-refractivity contribution is 9.10. The van der Waals surface area contributed by atoms with Crippen LogP contribution in [0, 0.1) is 11.6 Å². The van der Waals surface area contributed by atoms with Crippen LogP contribution < -0.4 is 10.1 Å². The van der Waals surface area contributed by atoms with Gasteiger partial charge in [0.2, 0.25) is 0 Å². The van der Waals surface area contributed by atoms with Gasteiger partial charge in [-0.1, -0.05) is 6.42 Å². The van der Waals surface area contributed by atoms with E-state index in [1.165, 1.54) is 31.4 Å². The van der Waals surface area contributed by atoms with E-state index >= 15 is 0 Å². The van der Waals surface area contributed by atoms with Crippen molar-refractivity contribution in [3.63, 3.8) is 0 Å². The largest absolute Gasteiger partial charge is 0.492 e. The van der Waals surface area contributed by atoms with Gasteiger partial charge in [-0.3, -0.25) is 4.90 Å². The van der Waals surface area contributed by atoms with Gasteiger partial charge in [0.15, 0.2) is 5.82 Å². The number of thioether (sulfide) groups is 1. The predicted molar refractivity (Wildman–Crippen MR) is 163 cm³/mol. The molecule has 0 unspecified atom stereocenters. The van der Waals surface area contributed by atoms with Gasteiger partial charge in [-0.15, -0.1) is 5.10 Å². The number of nitrogens with zero attached hydrogens (tertiary/aromatic N) is 4. The van der Waals surface area contributed by atoms with Crippen LogP contribution in [-0.4, -0.2) is 45.1 Å². The molecule has 1 aliphatic heterocycles. The third-order valence-electron chi connectivity index (χ3n) is 7.27. The van der Waals surface area contributed by atoms with E-state index in [0.717, 1.165) is 75.0 Å². The van der Waals surface area contributed by atoms with Crippen LogP contribution >= 0.6 is 27.7 Å². The Morgan fingerprint density at radius 1 is 1.02 bits per heavy atom. The first-order valence-electron chi connectivity index (χ1n) is 13.6.